The number of nitrogens with one attached hydrogen (secondary N) is 1. The molecular weight excluding hydrogens is 283 g/mol. The number of hydrogen-bond donors (Lipinski definition) is 3. The van der Waals surface area contributed by atoms with Crippen LogP contribution in [-0.4, -0.2) is 33.8 Å². The van der Waals surface area contributed by atoms with E-state index in [9.17, 15) is 24.4 Å². The Bertz CT molecular complexity index is 578. The Morgan fingerprint density at radius 2 is 2.19 bits per heavy atom. The maximum absolute atomic E-state index is 13.6. The number of aromatic carboxylic acids is 1. The highest BCUT2D eigenvalue weighted by atomic mass is 19.1. The number of hydrogen-bond acceptors (Lipinski definition) is 5. The van der Waals surface area contributed by atoms with Crippen molar-refractivity contribution in [1.82, 2.24) is 0 Å². The summed E-state index contributed by atoms with van der Waals surface area (Å²) in [6.45, 7) is 0.365. The first-order valence-corrected chi connectivity index (χ1v) is 6.51. The molecule has 1 saturated carbocycles. The molecule has 1 aromatic carbocycles. The molecule has 1 aliphatic carbocycles. The minimum absolute atomic E-state index is 0.0520. The minimum Gasteiger partial charge on any atom is -0.478 e. The second-order valence-electron chi connectivity index (χ2n) is 5.13. The average molecular weight is 298 g/mol. The lowest BCUT2D eigenvalue weighted by Gasteiger charge is -2.13. The van der Waals surface area contributed by atoms with Crippen LogP contribution in [0.1, 0.15) is 29.6 Å². The maximum atomic E-state index is 13.6. The Morgan fingerprint density at radius 1 is 1.48 bits per heavy atom. The van der Waals surface area contributed by atoms with E-state index in [0.717, 1.165) is 12.5 Å². The zero-order chi connectivity index (χ0) is 15.6. The van der Waals surface area contributed by atoms with E-state index in [1.165, 1.54) is 0 Å². The number of anilines is 1. The molecule has 3 N–H and O–H groups in total. The SMILES string of the molecule is O=C(O)c1cc([N+](=O)[O-])c(NCC2CCC(O)C2)cc1F. The Morgan fingerprint density at radius 3 is 2.71 bits per heavy atom. The van der Waals surface area contributed by atoms with E-state index in [4.69, 9.17) is 5.11 Å². The Kier molecular flexibility index (Phi) is 4.37. The fourth-order valence-corrected chi connectivity index (χ4v) is 2.51. The predicted octanol–water partition coefficient (Wildman–Crippen LogP) is 2.00. The number of halogens is 1. The molecule has 0 radical (unpaired) electrons. The van der Waals surface area contributed by atoms with Gasteiger partial charge in [-0.3, -0.25) is 10.1 Å². The third-order valence-corrected chi connectivity index (χ3v) is 3.61. The standard InChI is InChI=1S/C13H15FN2O5/c14-10-5-11(15-6-7-1-2-8(17)3-7)12(16(20)21)4-9(10)13(18)19/h4-5,7-8,15,17H,1-3,6H2,(H,18,19). The highest BCUT2D eigenvalue weighted by Gasteiger charge is 2.25. The summed E-state index contributed by atoms with van der Waals surface area (Å²) < 4.78 is 13.6. The fourth-order valence-electron chi connectivity index (χ4n) is 2.51. The van der Waals surface area contributed by atoms with Gasteiger partial charge in [0.05, 0.1) is 11.0 Å². The number of nitro benzene ring substituents is 1. The molecule has 8 heteroatoms. The smallest absolute Gasteiger partial charge is 0.338 e. The number of benzene rings is 1. The van der Waals surface area contributed by atoms with E-state index < -0.39 is 28.0 Å². The van der Waals surface area contributed by atoms with Gasteiger partial charge in [-0.15, -0.1) is 0 Å². The van der Waals surface area contributed by atoms with Crippen molar-refractivity contribution < 1.29 is 24.3 Å². The fraction of sp³-hybridized carbons (Fsp3) is 0.462. The largest absolute Gasteiger partial charge is 0.478 e. The van der Waals surface area contributed by atoms with E-state index in [1.807, 2.05) is 0 Å². The first kappa shape index (κ1) is 15.2. The Balaban J connectivity index is 2.19. The van der Waals surface area contributed by atoms with Crippen LogP contribution in [0.5, 0.6) is 0 Å². The van der Waals surface area contributed by atoms with Gasteiger partial charge in [-0.1, -0.05) is 0 Å². The number of carboxylic acids is 1. The molecule has 0 spiro atoms. The second-order valence-corrected chi connectivity index (χ2v) is 5.13. The van der Waals surface area contributed by atoms with Crippen molar-refractivity contribution in [1.29, 1.82) is 0 Å². The van der Waals surface area contributed by atoms with Crippen LogP contribution in [0.25, 0.3) is 0 Å². The van der Waals surface area contributed by atoms with Crippen molar-refractivity contribution in [3.8, 4) is 0 Å². The van der Waals surface area contributed by atoms with Crippen LogP contribution in [0.2, 0.25) is 0 Å². The summed E-state index contributed by atoms with van der Waals surface area (Å²) in [4.78, 5) is 21.0. The summed E-state index contributed by atoms with van der Waals surface area (Å²) in [6.07, 6.45) is 1.70. The summed E-state index contributed by atoms with van der Waals surface area (Å²) >= 11 is 0. The van der Waals surface area contributed by atoms with E-state index in [1.54, 1.807) is 0 Å². The number of nitrogens with zero attached hydrogens (tertiary/aromatic N) is 1. The predicted molar refractivity (Wildman–Crippen MR) is 71.9 cm³/mol. The molecule has 2 atom stereocenters. The van der Waals surface area contributed by atoms with Gasteiger partial charge in [-0.25, -0.2) is 9.18 Å². The lowest BCUT2D eigenvalue weighted by molar-refractivity contribution is -0.384. The molecule has 0 heterocycles. The van der Waals surface area contributed by atoms with Crippen molar-refractivity contribution in [3.63, 3.8) is 0 Å². The molecule has 21 heavy (non-hydrogen) atoms. The molecule has 0 aromatic heterocycles. The molecule has 0 bridgehead atoms. The summed E-state index contributed by atoms with van der Waals surface area (Å²) in [5.74, 6) is -2.43. The average Bonchev–Trinajstić information content (AvgIpc) is 2.81. The van der Waals surface area contributed by atoms with Crippen LogP contribution < -0.4 is 5.32 Å². The lowest BCUT2D eigenvalue weighted by atomic mass is 10.1. The molecule has 1 aromatic rings. The Hall–Kier alpha value is -2.22. The van der Waals surface area contributed by atoms with Gasteiger partial charge in [-0.2, -0.15) is 0 Å². The number of nitro groups is 1. The van der Waals surface area contributed by atoms with E-state index in [2.05, 4.69) is 5.32 Å². The molecule has 0 saturated heterocycles. The number of aliphatic hydroxyl groups is 1. The van der Waals surface area contributed by atoms with Crippen LogP contribution in [0, 0.1) is 21.8 Å². The lowest BCUT2D eigenvalue weighted by Crippen LogP contribution is -2.14. The van der Waals surface area contributed by atoms with Gasteiger partial charge in [0.1, 0.15) is 17.1 Å². The number of rotatable bonds is 5. The van der Waals surface area contributed by atoms with E-state index in [-0.39, 0.29) is 17.7 Å². The quantitative estimate of drug-likeness (QED) is 0.566. The molecule has 7 nitrogen and oxygen atoms in total. The van der Waals surface area contributed by atoms with Gasteiger partial charge in [0.2, 0.25) is 0 Å². The monoisotopic (exact) mass is 298 g/mol. The molecule has 1 fully saturated rings. The van der Waals surface area contributed by atoms with Crippen molar-refractivity contribution in [2.45, 2.75) is 25.4 Å². The third-order valence-electron chi connectivity index (χ3n) is 3.61. The molecule has 0 amide bonds. The second kappa shape index (κ2) is 6.04. The molecule has 1 aliphatic rings. The third kappa shape index (κ3) is 3.46. The van der Waals surface area contributed by atoms with Crippen LogP contribution in [0.3, 0.4) is 0 Å². The molecule has 114 valence electrons. The molecule has 0 aliphatic heterocycles. The van der Waals surface area contributed by atoms with Gasteiger partial charge < -0.3 is 15.5 Å². The molecule has 2 rings (SSSR count). The van der Waals surface area contributed by atoms with Gasteiger partial charge in [0, 0.05) is 18.7 Å². The first-order valence-electron chi connectivity index (χ1n) is 6.51. The van der Waals surface area contributed by atoms with Crippen molar-refractivity contribution in [2.75, 3.05) is 11.9 Å². The zero-order valence-electron chi connectivity index (χ0n) is 11.1. The number of carboxylic acid groups (broad SMARTS) is 1. The van der Waals surface area contributed by atoms with Crippen LogP contribution in [0.15, 0.2) is 12.1 Å². The molecule has 2 unspecified atom stereocenters. The van der Waals surface area contributed by atoms with Crippen molar-refractivity contribution in [3.05, 3.63) is 33.6 Å². The number of aliphatic hydroxyl groups excluding tert-OH is 1. The Labute approximate surface area is 119 Å². The van der Waals surface area contributed by atoms with Crippen LogP contribution >= 0.6 is 0 Å². The first-order chi connectivity index (χ1) is 9.88. The van der Waals surface area contributed by atoms with Gasteiger partial charge >= 0.3 is 5.97 Å². The molecular formula is C13H15FN2O5. The maximum Gasteiger partial charge on any atom is 0.338 e. The van der Waals surface area contributed by atoms with E-state index >= 15 is 0 Å². The van der Waals surface area contributed by atoms with Crippen molar-refractivity contribution in [2.24, 2.45) is 5.92 Å². The minimum atomic E-state index is -1.55. The summed E-state index contributed by atoms with van der Waals surface area (Å²) in [6, 6.07) is 1.54. The summed E-state index contributed by atoms with van der Waals surface area (Å²) in [7, 11) is 0. The topological polar surface area (TPSA) is 113 Å². The van der Waals surface area contributed by atoms with Crippen molar-refractivity contribution >= 4 is 17.3 Å². The summed E-state index contributed by atoms with van der Waals surface area (Å²) in [5, 5.41) is 31.9. The number of carbonyl (C=O) groups is 1. The van der Waals surface area contributed by atoms with Gasteiger partial charge in [-0.05, 0) is 25.2 Å². The highest BCUT2D eigenvalue weighted by Crippen LogP contribution is 2.30. The zero-order valence-corrected chi connectivity index (χ0v) is 11.1. The van der Waals surface area contributed by atoms with Gasteiger partial charge in [0.15, 0.2) is 0 Å². The van der Waals surface area contributed by atoms with Crippen LogP contribution in [-0.2, 0) is 0 Å². The van der Waals surface area contributed by atoms with E-state index in [0.29, 0.717) is 25.5 Å². The highest BCUT2D eigenvalue weighted by molar-refractivity contribution is 5.90. The normalized spacial score (nSPS) is 21.2. The summed E-state index contributed by atoms with van der Waals surface area (Å²) in [5.41, 5.74) is -1.26. The van der Waals surface area contributed by atoms with Gasteiger partial charge in [0.25, 0.3) is 5.69 Å². The van der Waals surface area contributed by atoms with Crippen LogP contribution in [0.4, 0.5) is 15.8 Å².